The summed E-state index contributed by atoms with van der Waals surface area (Å²) < 4.78 is 22.4. The van der Waals surface area contributed by atoms with Gasteiger partial charge in [0.1, 0.15) is 0 Å². The third-order valence-corrected chi connectivity index (χ3v) is 5.20. The first-order valence-electron chi connectivity index (χ1n) is 4.59. The monoisotopic (exact) mass is 205 g/mol. The molecule has 0 aromatic carbocycles. The Kier molecular flexibility index (Phi) is 1.78. The van der Waals surface area contributed by atoms with Crippen LogP contribution >= 0.6 is 0 Å². The fourth-order valence-electron chi connectivity index (χ4n) is 2.25. The molecule has 0 amide bonds. The highest BCUT2D eigenvalue weighted by atomic mass is 32.2. The van der Waals surface area contributed by atoms with Gasteiger partial charge >= 0.3 is 0 Å². The van der Waals surface area contributed by atoms with Gasteiger partial charge in [0.05, 0.1) is 17.1 Å². The highest BCUT2D eigenvalue weighted by Gasteiger charge is 2.56. The smallest absolute Gasteiger partial charge is 0.153 e. The zero-order chi connectivity index (χ0) is 9.74. The Labute approximate surface area is 78.0 Å². The molecule has 2 fully saturated rings. The molecule has 1 aliphatic heterocycles. The molecule has 1 unspecified atom stereocenters. The summed E-state index contributed by atoms with van der Waals surface area (Å²) in [6.45, 7) is 0. The Hall–Kier alpha value is -0.130. The summed E-state index contributed by atoms with van der Waals surface area (Å²) >= 11 is 0. The van der Waals surface area contributed by atoms with Crippen LogP contribution in [0, 0.1) is 0 Å². The maximum atomic E-state index is 11.2. The third-order valence-electron chi connectivity index (χ3n) is 3.46. The Balaban J connectivity index is 2.23. The molecule has 5 heteroatoms. The van der Waals surface area contributed by atoms with Crippen LogP contribution in [0.1, 0.15) is 25.7 Å². The van der Waals surface area contributed by atoms with Gasteiger partial charge in [-0.05, 0) is 25.7 Å². The van der Waals surface area contributed by atoms with E-state index in [1.54, 1.807) is 0 Å². The summed E-state index contributed by atoms with van der Waals surface area (Å²) in [6, 6.07) is 0. The van der Waals surface area contributed by atoms with Crippen molar-refractivity contribution in [2.24, 2.45) is 5.73 Å². The number of hydrogen-bond donors (Lipinski definition) is 2. The quantitative estimate of drug-likeness (QED) is 0.600. The SMILES string of the molecule is NC1(C2(O)CCS(=O)(=O)C2)CCC1. The van der Waals surface area contributed by atoms with Crippen molar-refractivity contribution in [1.29, 1.82) is 0 Å². The lowest BCUT2D eigenvalue weighted by molar-refractivity contribution is -0.0496. The van der Waals surface area contributed by atoms with Crippen molar-refractivity contribution in [3.05, 3.63) is 0 Å². The number of nitrogens with two attached hydrogens (primary N) is 1. The van der Waals surface area contributed by atoms with E-state index in [-0.39, 0.29) is 11.5 Å². The minimum atomic E-state index is -3.04. The number of rotatable bonds is 1. The lowest BCUT2D eigenvalue weighted by atomic mass is 9.66. The molecule has 1 saturated carbocycles. The third kappa shape index (κ3) is 1.30. The molecule has 2 aliphatic rings. The molecule has 13 heavy (non-hydrogen) atoms. The molecule has 0 bridgehead atoms. The Morgan fingerprint density at radius 2 is 1.85 bits per heavy atom. The largest absolute Gasteiger partial charge is 0.387 e. The predicted octanol–water partition coefficient (Wildman–Crippen LogP) is -0.583. The van der Waals surface area contributed by atoms with Crippen molar-refractivity contribution in [3.63, 3.8) is 0 Å². The molecule has 4 nitrogen and oxygen atoms in total. The van der Waals surface area contributed by atoms with Crippen LogP contribution in [0.15, 0.2) is 0 Å². The molecule has 3 N–H and O–H groups in total. The standard InChI is InChI=1S/C8H15NO3S/c9-7(2-1-3-7)8(10)4-5-13(11,12)6-8/h10H,1-6,9H2. The average Bonchev–Trinajstić information content (AvgIpc) is 2.22. The fraction of sp³-hybridized carbons (Fsp3) is 1.00. The zero-order valence-electron chi connectivity index (χ0n) is 7.49. The molecular weight excluding hydrogens is 190 g/mol. The van der Waals surface area contributed by atoms with Gasteiger partial charge in [-0.25, -0.2) is 8.42 Å². The first kappa shape index (κ1) is 9.43. The Morgan fingerprint density at radius 3 is 2.15 bits per heavy atom. The molecule has 76 valence electrons. The highest BCUT2D eigenvalue weighted by molar-refractivity contribution is 7.91. The van der Waals surface area contributed by atoms with Crippen molar-refractivity contribution in [2.45, 2.75) is 36.8 Å². The van der Waals surface area contributed by atoms with E-state index in [9.17, 15) is 13.5 Å². The van der Waals surface area contributed by atoms with Gasteiger partial charge in [-0.2, -0.15) is 0 Å². The molecule has 0 aromatic heterocycles. The van der Waals surface area contributed by atoms with Crippen molar-refractivity contribution in [2.75, 3.05) is 11.5 Å². The maximum Gasteiger partial charge on any atom is 0.153 e. The second-order valence-electron chi connectivity index (χ2n) is 4.38. The first-order chi connectivity index (χ1) is 5.87. The van der Waals surface area contributed by atoms with Crippen molar-refractivity contribution in [1.82, 2.24) is 0 Å². The van der Waals surface area contributed by atoms with Gasteiger partial charge in [-0.1, -0.05) is 0 Å². The van der Waals surface area contributed by atoms with E-state index in [0.29, 0.717) is 6.42 Å². The fourth-order valence-corrected chi connectivity index (χ4v) is 4.20. The first-order valence-corrected chi connectivity index (χ1v) is 6.41. The summed E-state index contributed by atoms with van der Waals surface area (Å²) in [6.07, 6.45) is 2.81. The van der Waals surface area contributed by atoms with Crippen LogP contribution in [-0.2, 0) is 9.84 Å². The van der Waals surface area contributed by atoms with E-state index >= 15 is 0 Å². The molecule has 0 radical (unpaired) electrons. The summed E-state index contributed by atoms with van der Waals surface area (Å²) in [5.74, 6) is -0.0566. The molecule has 0 spiro atoms. The normalized spacial score (nSPS) is 41.4. The highest BCUT2D eigenvalue weighted by Crippen LogP contribution is 2.43. The minimum absolute atomic E-state index is 0.0858. The number of aliphatic hydroxyl groups is 1. The summed E-state index contributed by atoms with van der Waals surface area (Å²) in [7, 11) is -3.04. The maximum absolute atomic E-state index is 11.2. The number of sulfone groups is 1. The summed E-state index contributed by atoms with van der Waals surface area (Å²) in [5, 5.41) is 10.1. The molecule has 1 heterocycles. The van der Waals surface area contributed by atoms with Crippen LogP contribution in [-0.4, -0.2) is 36.2 Å². The van der Waals surface area contributed by atoms with E-state index in [4.69, 9.17) is 5.73 Å². The molecule has 1 saturated heterocycles. The van der Waals surface area contributed by atoms with Gasteiger partial charge in [0.25, 0.3) is 0 Å². The van der Waals surface area contributed by atoms with E-state index < -0.39 is 21.0 Å². The van der Waals surface area contributed by atoms with Crippen LogP contribution in [0.2, 0.25) is 0 Å². The average molecular weight is 205 g/mol. The minimum Gasteiger partial charge on any atom is -0.387 e. The number of hydrogen-bond acceptors (Lipinski definition) is 4. The Morgan fingerprint density at radius 1 is 1.23 bits per heavy atom. The van der Waals surface area contributed by atoms with Crippen LogP contribution in [0.3, 0.4) is 0 Å². The second kappa shape index (κ2) is 2.46. The summed E-state index contributed by atoms with van der Waals surface area (Å²) in [5.41, 5.74) is 4.17. The molecule has 0 aromatic rings. The molecular formula is C8H15NO3S. The molecule has 2 rings (SSSR count). The Bertz CT molecular complexity index is 320. The van der Waals surface area contributed by atoms with E-state index in [1.807, 2.05) is 0 Å². The lowest BCUT2D eigenvalue weighted by Crippen LogP contribution is -2.65. The van der Waals surface area contributed by atoms with E-state index in [2.05, 4.69) is 0 Å². The van der Waals surface area contributed by atoms with Crippen molar-refractivity contribution < 1.29 is 13.5 Å². The van der Waals surface area contributed by atoms with E-state index in [0.717, 1.165) is 19.3 Å². The van der Waals surface area contributed by atoms with Crippen molar-refractivity contribution in [3.8, 4) is 0 Å². The van der Waals surface area contributed by atoms with Crippen LogP contribution < -0.4 is 5.73 Å². The van der Waals surface area contributed by atoms with Crippen LogP contribution in [0.4, 0.5) is 0 Å². The summed E-state index contributed by atoms with van der Waals surface area (Å²) in [4.78, 5) is 0. The van der Waals surface area contributed by atoms with Gasteiger partial charge in [-0.3, -0.25) is 0 Å². The predicted molar refractivity (Wildman–Crippen MR) is 49.0 cm³/mol. The van der Waals surface area contributed by atoms with Gasteiger partial charge in [0, 0.05) is 5.54 Å². The molecule has 1 aliphatic carbocycles. The lowest BCUT2D eigenvalue weighted by Gasteiger charge is -2.48. The second-order valence-corrected chi connectivity index (χ2v) is 6.57. The van der Waals surface area contributed by atoms with Gasteiger partial charge in [0.15, 0.2) is 9.84 Å². The van der Waals surface area contributed by atoms with Gasteiger partial charge in [0.2, 0.25) is 0 Å². The van der Waals surface area contributed by atoms with E-state index in [1.165, 1.54) is 0 Å². The topological polar surface area (TPSA) is 80.4 Å². The van der Waals surface area contributed by atoms with Gasteiger partial charge < -0.3 is 10.8 Å². The van der Waals surface area contributed by atoms with Crippen molar-refractivity contribution >= 4 is 9.84 Å². The van der Waals surface area contributed by atoms with Crippen LogP contribution in [0.5, 0.6) is 0 Å². The van der Waals surface area contributed by atoms with Crippen LogP contribution in [0.25, 0.3) is 0 Å². The van der Waals surface area contributed by atoms with Gasteiger partial charge in [-0.15, -0.1) is 0 Å². The molecule has 1 atom stereocenters. The zero-order valence-corrected chi connectivity index (χ0v) is 8.31.